The summed E-state index contributed by atoms with van der Waals surface area (Å²) in [5, 5.41) is 8.28. The molecule has 1 heterocycles. The van der Waals surface area contributed by atoms with Crippen molar-refractivity contribution in [1.29, 1.82) is 0 Å². The molecule has 1 aromatic rings. The second-order valence-electron chi connectivity index (χ2n) is 9.58. The summed E-state index contributed by atoms with van der Waals surface area (Å²) in [4.78, 5) is 33.1. The second kappa shape index (κ2) is 12.7. The highest BCUT2D eigenvalue weighted by Crippen LogP contribution is 2.61. The van der Waals surface area contributed by atoms with E-state index in [9.17, 15) is 18.8 Å². The lowest BCUT2D eigenvalue weighted by atomic mass is 9.99. The maximum atomic E-state index is 12.5. The van der Waals surface area contributed by atoms with Gasteiger partial charge < -0.3 is 5.11 Å². The van der Waals surface area contributed by atoms with Crippen LogP contribution in [0.4, 0.5) is 4.39 Å². The largest absolute Gasteiger partial charge is 0.480 e. The van der Waals surface area contributed by atoms with Crippen molar-refractivity contribution in [3.05, 3.63) is 32.9 Å². The molecule has 0 spiro atoms. The summed E-state index contributed by atoms with van der Waals surface area (Å²) in [6.07, 6.45) is 24.2. The molecule has 0 aliphatic heterocycles. The average molecular weight is 469 g/mol. The van der Waals surface area contributed by atoms with Gasteiger partial charge in [0.25, 0.3) is 5.56 Å². The van der Waals surface area contributed by atoms with Crippen LogP contribution in [0, 0.1) is 5.82 Å². The molecule has 0 atom stereocenters. The Balaban J connectivity index is 0.000000195. The van der Waals surface area contributed by atoms with Gasteiger partial charge in [-0.3, -0.25) is 19.1 Å². The highest BCUT2D eigenvalue weighted by molar-refractivity contribution is 7.60. The fourth-order valence-corrected chi connectivity index (χ4v) is 10.5. The number of aromatic nitrogens is 2. The van der Waals surface area contributed by atoms with E-state index in [2.05, 4.69) is 0 Å². The fourth-order valence-electron chi connectivity index (χ4n) is 5.78. The highest BCUT2D eigenvalue weighted by Gasteiger charge is 2.36. The number of rotatable bonds is 5. The van der Waals surface area contributed by atoms with E-state index >= 15 is 0 Å². The standard InChI is InChI=1S/C18H33P.C6H5FN2O4/c1-4-10-16(11-5-1)19(17-12-6-2-7-13-17)18-14-8-3-9-15-18;7-3-1-9(2-4(10)11)6(13)8-5(3)12/h16-18H,1-15H2;1H,2H2,(H,10,11)(H,8,12,13). The Morgan fingerprint density at radius 2 is 1.28 bits per heavy atom. The van der Waals surface area contributed by atoms with Crippen LogP contribution < -0.4 is 11.2 Å². The van der Waals surface area contributed by atoms with Gasteiger partial charge in [-0.1, -0.05) is 65.7 Å². The van der Waals surface area contributed by atoms with Crippen molar-refractivity contribution < 1.29 is 14.3 Å². The van der Waals surface area contributed by atoms with E-state index in [1.165, 1.54) is 36.2 Å². The van der Waals surface area contributed by atoms with Crippen molar-refractivity contribution in [3.63, 3.8) is 0 Å². The van der Waals surface area contributed by atoms with Crippen LogP contribution in [0.2, 0.25) is 0 Å². The van der Waals surface area contributed by atoms with Crippen molar-refractivity contribution in [1.82, 2.24) is 9.55 Å². The maximum absolute atomic E-state index is 12.5. The smallest absolute Gasteiger partial charge is 0.329 e. The molecule has 3 saturated carbocycles. The number of H-pyrrole nitrogens is 1. The second-order valence-corrected chi connectivity index (χ2v) is 12.7. The predicted molar refractivity (Wildman–Crippen MR) is 126 cm³/mol. The molecular formula is C24H38FN2O4P. The van der Waals surface area contributed by atoms with E-state index in [1.54, 1.807) is 82.0 Å². The summed E-state index contributed by atoms with van der Waals surface area (Å²) in [6, 6.07) is 0. The van der Waals surface area contributed by atoms with Crippen molar-refractivity contribution in [2.45, 2.75) is 120 Å². The van der Waals surface area contributed by atoms with Crippen LogP contribution in [0.25, 0.3) is 0 Å². The Morgan fingerprint density at radius 1 is 0.875 bits per heavy atom. The molecule has 0 radical (unpaired) electrons. The van der Waals surface area contributed by atoms with E-state index in [1.807, 2.05) is 0 Å². The van der Waals surface area contributed by atoms with Crippen LogP contribution in [0.3, 0.4) is 0 Å². The molecule has 0 saturated heterocycles. The molecule has 0 aromatic carbocycles. The molecule has 32 heavy (non-hydrogen) atoms. The van der Waals surface area contributed by atoms with Crippen LogP contribution in [0.1, 0.15) is 96.3 Å². The van der Waals surface area contributed by atoms with Crippen molar-refractivity contribution in [2.75, 3.05) is 0 Å². The van der Waals surface area contributed by atoms with Gasteiger partial charge in [0.1, 0.15) is 6.54 Å². The van der Waals surface area contributed by atoms with Crippen molar-refractivity contribution in [2.24, 2.45) is 0 Å². The number of aliphatic carboxylic acids is 1. The fraction of sp³-hybridized carbons (Fsp3) is 0.792. The first-order chi connectivity index (χ1) is 15.5. The quantitative estimate of drug-likeness (QED) is 0.579. The number of hydrogen-bond donors (Lipinski definition) is 2. The van der Waals surface area contributed by atoms with Crippen LogP contribution in [-0.2, 0) is 11.3 Å². The lowest BCUT2D eigenvalue weighted by Gasteiger charge is -2.44. The third-order valence-corrected chi connectivity index (χ3v) is 11.3. The topological polar surface area (TPSA) is 92.2 Å². The Labute approximate surface area is 190 Å². The van der Waals surface area contributed by atoms with Crippen molar-refractivity contribution >= 4 is 13.9 Å². The van der Waals surface area contributed by atoms with Crippen LogP contribution in [0.5, 0.6) is 0 Å². The summed E-state index contributed by atoms with van der Waals surface area (Å²) in [6.45, 7) is -0.688. The predicted octanol–water partition coefficient (Wildman–Crippen LogP) is 5.23. The molecule has 2 N–H and O–H groups in total. The molecule has 8 heteroatoms. The van der Waals surface area contributed by atoms with Gasteiger partial charge in [0, 0.05) is 0 Å². The lowest BCUT2D eigenvalue weighted by Crippen LogP contribution is -2.33. The number of nitrogens with one attached hydrogen (secondary N) is 1. The Kier molecular flexibility index (Phi) is 9.95. The molecule has 3 fully saturated rings. The van der Waals surface area contributed by atoms with Gasteiger partial charge in [-0.25, -0.2) is 4.79 Å². The number of nitrogens with zero attached hydrogens (tertiary/aromatic N) is 1. The summed E-state index contributed by atoms with van der Waals surface area (Å²) in [7, 11) is 0.385. The molecule has 3 aliphatic rings. The Hall–Kier alpha value is -1.49. The number of aromatic amines is 1. The number of carboxylic acid groups (broad SMARTS) is 1. The van der Waals surface area contributed by atoms with Crippen LogP contribution >= 0.6 is 7.92 Å². The van der Waals surface area contributed by atoms with Gasteiger partial charge in [-0.05, 0) is 55.5 Å². The van der Waals surface area contributed by atoms with Crippen molar-refractivity contribution in [3.8, 4) is 0 Å². The van der Waals surface area contributed by atoms with E-state index in [0.29, 0.717) is 18.7 Å². The molecule has 3 aliphatic carbocycles. The first kappa shape index (κ1) is 25.1. The lowest BCUT2D eigenvalue weighted by molar-refractivity contribution is -0.137. The first-order valence-corrected chi connectivity index (χ1v) is 14.0. The van der Waals surface area contributed by atoms with E-state index in [-0.39, 0.29) is 0 Å². The van der Waals surface area contributed by atoms with Gasteiger partial charge >= 0.3 is 11.7 Å². The van der Waals surface area contributed by atoms with Gasteiger partial charge in [0.05, 0.1) is 6.20 Å². The monoisotopic (exact) mass is 468 g/mol. The zero-order chi connectivity index (χ0) is 22.9. The van der Waals surface area contributed by atoms with Gasteiger partial charge in [-0.15, -0.1) is 0 Å². The average Bonchev–Trinajstić information content (AvgIpc) is 2.80. The van der Waals surface area contributed by atoms with E-state index < -0.39 is 29.6 Å². The number of hydrogen-bond acceptors (Lipinski definition) is 3. The molecule has 6 nitrogen and oxygen atoms in total. The number of halogens is 1. The van der Waals surface area contributed by atoms with E-state index in [4.69, 9.17) is 5.11 Å². The minimum absolute atomic E-state index is 0.385. The van der Waals surface area contributed by atoms with Gasteiger partial charge in [0.2, 0.25) is 5.82 Å². The third-order valence-electron chi connectivity index (χ3n) is 7.26. The normalized spacial score (nSPS) is 21.2. The highest BCUT2D eigenvalue weighted by atomic mass is 31.1. The van der Waals surface area contributed by atoms with Gasteiger partial charge in [-0.2, -0.15) is 4.39 Å². The minimum Gasteiger partial charge on any atom is -0.480 e. The minimum atomic E-state index is -1.30. The number of carbonyl (C=O) groups is 1. The zero-order valence-electron chi connectivity index (χ0n) is 19.1. The summed E-state index contributed by atoms with van der Waals surface area (Å²) < 4.78 is 13.1. The Morgan fingerprint density at radius 3 is 1.66 bits per heavy atom. The summed E-state index contributed by atoms with van der Waals surface area (Å²) in [5.74, 6) is -2.49. The molecule has 4 rings (SSSR count). The summed E-state index contributed by atoms with van der Waals surface area (Å²) >= 11 is 0. The molecule has 0 amide bonds. The molecule has 0 unspecified atom stereocenters. The zero-order valence-corrected chi connectivity index (χ0v) is 20.0. The number of carboxylic acids is 1. The molecular weight excluding hydrogens is 430 g/mol. The third kappa shape index (κ3) is 7.26. The SMILES string of the molecule is C1CCC(P(C2CCCCC2)C2CCCCC2)CC1.O=C(O)Cn1cc(F)c(=O)[nH]c1=O. The summed E-state index contributed by atoms with van der Waals surface area (Å²) in [5.41, 5.74) is 1.46. The first-order valence-electron chi connectivity index (χ1n) is 12.4. The maximum Gasteiger partial charge on any atom is 0.329 e. The van der Waals surface area contributed by atoms with Crippen LogP contribution in [0.15, 0.2) is 15.8 Å². The Bertz CT molecular complexity index is 794. The van der Waals surface area contributed by atoms with Crippen LogP contribution in [-0.4, -0.2) is 37.6 Å². The molecule has 0 bridgehead atoms. The van der Waals surface area contributed by atoms with E-state index in [0.717, 1.165) is 0 Å². The molecule has 180 valence electrons. The van der Waals surface area contributed by atoms with Gasteiger partial charge in [0.15, 0.2) is 0 Å². The molecule has 1 aromatic heterocycles.